The lowest BCUT2D eigenvalue weighted by molar-refractivity contribution is -0.00253. The highest BCUT2D eigenvalue weighted by Gasteiger charge is 2.31. The molecule has 1 rings (SSSR count). The standard InChI is InChI=1S/C10H19NO/c1-9(2)6-10(7-11)4-3-5-12-8-10/h1,3-8,11H2,2H3. The molecule has 0 radical (unpaired) electrons. The van der Waals surface area contributed by atoms with E-state index in [4.69, 9.17) is 10.5 Å². The predicted molar refractivity (Wildman–Crippen MR) is 51.0 cm³/mol. The molecule has 1 saturated heterocycles. The average molecular weight is 169 g/mol. The van der Waals surface area contributed by atoms with Gasteiger partial charge < -0.3 is 10.5 Å². The van der Waals surface area contributed by atoms with E-state index < -0.39 is 0 Å². The lowest BCUT2D eigenvalue weighted by Crippen LogP contribution is -2.38. The maximum Gasteiger partial charge on any atom is 0.0537 e. The van der Waals surface area contributed by atoms with Crippen LogP contribution >= 0.6 is 0 Å². The zero-order valence-electron chi connectivity index (χ0n) is 7.94. The lowest BCUT2D eigenvalue weighted by Gasteiger charge is -2.36. The molecule has 1 unspecified atom stereocenters. The van der Waals surface area contributed by atoms with Crippen LogP contribution in [0.2, 0.25) is 0 Å². The Morgan fingerprint density at radius 2 is 2.42 bits per heavy atom. The third kappa shape index (κ3) is 2.32. The smallest absolute Gasteiger partial charge is 0.0537 e. The number of allylic oxidation sites excluding steroid dienone is 1. The summed E-state index contributed by atoms with van der Waals surface area (Å²) in [5, 5.41) is 0. The van der Waals surface area contributed by atoms with Gasteiger partial charge in [-0.15, -0.1) is 6.58 Å². The van der Waals surface area contributed by atoms with E-state index in [1.165, 1.54) is 12.0 Å². The van der Waals surface area contributed by atoms with Gasteiger partial charge >= 0.3 is 0 Å². The summed E-state index contributed by atoms with van der Waals surface area (Å²) in [7, 11) is 0. The first-order chi connectivity index (χ1) is 5.68. The predicted octanol–water partition coefficient (Wildman–Crippen LogP) is 1.71. The zero-order chi connectivity index (χ0) is 9.03. The fraction of sp³-hybridized carbons (Fsp3) is 0.800. The number of hydrogen-bond acceptors (Lipinski definition) is 2. The fourth-order valence-electron chi connectivity index (χ4n) is 1.92. The van der Waals surface area contributed by atoms with E-state index in [1.807, 2.05) is 0 Å². The van der Waals surface area contributed by atoms with E-state index in [1.54, 1.807) is 0 Å². The van der Waals surface area contributed by atoms with Crippen LogP contribution in [0.1, 0.15) is 26.2 Å². The van der Waals surface area contributed by atoms with Crippen LogP contribution in [0.4, 0.5) is 0 Å². The van der Waals surface area contributed by atoms with E-state index in [-0.39, 0.29) is 5.41 Å². The molecule has 0 amide bonds. The van der Waals surface area contributed by atoms with Gasteiger partial charge in [0, 0.05) is 18.6 Å². The molecule has 2 N–H and O–H groups in total. The van der Waals surface area contributed by atoms with Crippen LogP contribution in [0, 0.1) is 5.41 Å². The lowest BCUT2D eigenvalue weighted by atomic mass is 9.78. The summed E-state index contributed by atoms with van der Waals surface area (Å²) in [6, 6.07) is 0. The van der Waals surface area contributed by atoms with E-state index in [9.17, 15) is 0 Å². The Hall–Kier alpha value is -0.340. The van der Waals surface area contributed by atoms with Crippen molar-refractivity contribution in [2.24, 2.45) is 11.1 Å². The van der Waals surface area contributed by atoms with Gasteiger partial charge in [-0.1, -0.05) is 5.57 Å². The van der Waals surface area contributed by atoms with Crippen LogP contribution < -0.4 is 5.73 Å². The van der Waals surface area contributed by atoms with Crippen LogP contribution in [0.5, 0.6) is 0 Å². The molecule has 2 nitrogen and oxygen atoms in total. The van der Waals surface area contributed by atoms with Crippen molar-refractivity contribution >= 4 is 0 Å². The molecule has 0 aromatic rings. The molecule has 1 atom stereocenters. The first-order valence-electron chi connectivity index (χ1n) is 4.61. The molecule has 0 spiro atoms. The summed E-state index contributed by atoms with van der Waals surface area (Å²) in [5.74, 6) is 0. The Kier molecular flexibility index (Phi) is 3.29. The molecule has 0 bridgehead atoms. The number of rotatable bonds is 3. The monoisotopic (exact) mass is 169 g/mol. The van der Waals surface area contributed by atoms with Gasteiger partial charge in [0.1, 0.15) is 0 Å². The van der Waals surface area contributed by atoms with Gasteiger partial charge in [-0.2, -0.15) is 0 Å². The molecule has 1 heterocycles. The molecule has 2 heteroatoms. The molecule has 0 aromatic carbocycles. The summed E-state index contributed by atoms with van der Waals surface area (Å²) in [6.45, 7) is 8.43. The topological polar surface area (TPSA) is 35.2 Å². The molecule has 1 aliphatic rings. The van der Waals surface area contributed by atoms with E-state index in [2.05, 4.69) is 13.5 Å². The number of hydrogen-bond donors (Lipinski definition) is 1. The highest BCUT2D eigenvalue weighted by atomic mass is 16.5. The minimum Gasteiger partial charge on any atom is -0.381 e. The third-order valence-corrected chi connectivity index (χ3v) is 2.51. The molecule has 0 aliphatic carbocycles. The van der Waals surface area contributed by atoms with Crippen LogP contribution in [0.25, 0.3) is 0 Å². The van der Waals surface area contributed by atoms with Crippen molar-refractivity contribution in [1.82, 2.24) is 0 Å². The minimum atomic E-state index is 0.198. The maximum absolute atomic E-state index is 5.77. The van der Waals surface area contributed by atoms with Crippen molar-refractivity contribution < 1.29 is 4.74 Å². The van der Waals surface area contributed by atoms with E-state index in [0.717, 1.165) is 32.6 Å². The van der Waals surface area contributed by atoms with Gasteiger partial charge in [-0.3, -0.25) is 0 Å². The Bertz CT molecular complexity index is 159. The summed E-state index contributed by atoms with van der Waals surface area (Å²) < 4.78 is 5.46. The summed E-state index contributed by atoms with van der Waals surface area (Å²) in [6.07, 6.45) is 3.35. The number of ether oxygens (including phenoxy) is 1. The second kappa shape index (κ2) is 4.06. The first kappa shape index (κ1) is 9.75. The van der Waals surface area contributed by atoms with Crippen molar-refractivity contribution in [1.29, 1.82) is 0 Å². The fourth-order valence-corrected chi connectivity index (χ4v) is 1.92. The second-order valence-electron chi connectivity index (χ2n) is 3.99. The van der Waals surface area contributed by atoms with Gasteiger partial charge in [-0.05, 0) is 26.2 Å². The minimum absolute atomic E-state index is 0.198. The van der Waals surface area contributed by atoms with E-state index >= 15 is 0 Å². The largest absolute Gasteiger partial charge is 0.381 e. The second-order valence-corrected chi connectivity index (χ2v) is 3.99. The van der Waals surface area contributed by atoms with Crippen molar-refractivity contribution in [3.63, 3.8) is 0 Å². The van der Waals surface area contributed by atoms with Crippen LogP contribution in [0.15, 0.2) is 12.2 Å². The van der Waals surface area contributed by atoms with Gasteiger partial charge in [0.15, 0.2) is 0 Å². The summed E-state index contributed by atoms with van der Waals surface area (Å²) >= 11 is 0. The molecule has 0 aromatic heterocycles. The molecule has 0 saturated carbocycles. The van der Waals surface area contributed by atoms with Crippen LogP contribution in [-0.4, -0.2) is 19.8 Å². The quantitative estimate of drug-likeness (QED) is 0.653. The van der Waals surface area contributed by atoms with Crippen molar-refractivity contribution in [2.75, 3.05) is 19.8 Å². The van der Waals surface area contributed by atoms with Gasteiger partial charge in [0.2, 0.25) is 0 Å². The molecule has 70 valence electrons. The molecular weight excluding hydrogens is 150 g/mol. The Balaban J connectivity index is 2.53. The van der Waals surface area contributed by atoms with Gasteiger partial charge in [-0.25, -0.2) is 0 Å². The highest BCUT2D eigenvalue weighted by molar-refractivity contribution is 4.98. The maximum atomic E-state index is 5.77. The Morgan fingerprint density at radius 1 is 1.67 bits per heavy atom. The van der Waals surface area contributed by atoms with Crippen LogP contribution in [-0.2, 0) is 4.74 Å². The first-order valence-corrected chi connectivity index (χ1v) is 4.61. The SMILES string of the molecule is C=C(C)CC1(CN)CCCOC1. The Morgan fingerprint density at radius 3 is 2.83 bits per heavy atom. The molecule has 1 aliphatic heterocycles. The van der Waals surface area contributed by atoms with Crippen LogP contribution in [0.3, 0.4) is 0 Å². The Labute approximate surface area is 74.8 Å². The number of nitrogens with two attached hydrogens (primary N) is 1. The third-order valence-electron chi connectivity index (χ3n) is 2.51. The summed E-state index contributed by atoms with van der Waals surface area (Å²) in [4.78, 5) is 0. The highest BCUT2D eigenvalue weighted by Crippen LogP contribution is 2.33. The van der Waals surface area contributed by atoms with Gasteiger partial charge in [0.05, 0.1) is 6.61 Å². The van der Waals surface area contributed by atoms with Crippen molar-refractivity contribution in [3.8, 4) is 0 Å². The normalized spacial score (nSPS) is 30.2. The van der Waals surface area contributed by atoms with Crippen molar-refractivity contribution in [2.45, 2.75) is 26.2 Å². The van der Waals surface area contributed by atoms with Crippen molar-refractivity contribution in [3.05, 3.63) is 12.2 Å². The molecule has 1 fully saturated rings. The zero-order valence-corrected chi connectivity index (χ0v) is 7.94. The molecular formula is C10H19NO. The summed E-state index contributed by atoms with van der Waals surface area (Å²) in [5.41, 5.74) is 7.18. The van der Waals surface area contributed by atoms with Gasteiger partial charge in [0.25, 0.3) is 0 Å². The average Bonchev–Trinajstić information content (AvgIpc) is 2.05. The molecule has 12 heavy (non-hydrogen) atoms. The van der Waals surface area contributed by atoms with E-state index in [0.29, 0.717) is 0 Å².